The van der Waals surface area contributed by atoms with Gasteiger partial charge in [-0.2, -0.15) is 0 Å². The van der Waals surface area contributed by atoms with Crippen LogP contribution in [0.1, 0.15) is 25.0 Å². The summed E-state index contributed by atoms with van der Waals surface area (Å²) in [5.41, 5.74) is 2.16. The van der Waals surface area contributed by atoms with Crippen LogP contribution in [0.4, 0.5) is 0 Å². The maximum absolute atomic E-state index is 6.34. The van der Waals surface area contributed by atoms with E-state index in [1.165, 1.54) is 0 Å². The van der Waals surface area contributed by atoms with Crippen molar-refractivity contribution in [3.8, 4) is 17.2 Å². The highest BCUT2D eigenvalue weighted by Gasteiger charge is 2.12. The van der Waals surface area contributed by atoms with Gasteiger partial charge in [-0.3, -0.25) is 0 Å². The maximum atomic E-state index is 6.34. The van der Waals surface area contributed by atoms with E-state index in [4.69, 9.17) is 25.8 Å². The first-order valence-corrected chi connectivity index (χ1v) is 8.48. The second kappa shape index (κ2) is 9.40. The summed E-state index contributed by atoms with van der Waals surface area (Å²) >= 11 is 6.34. The Balaban J connectivity index is 2.06. The average molecular weight is 350 g/mol. The second-order valence-corrected chi connectivity index (χ2v) is 5.59. The molecule has 1 N–H and O–H groups in total. The Hall–Kier alpha value is -1.91. The lowest BCUT2D eigenvalue weighted by molar-refractivity contribution is 0.287. The van der Waals surface area contributed by atoms with Crippen molar-refractivity contribution in [2.75, 3.05) is 20.3 Å². The molecule has 0 spiro atoms. The standard InChI is InChI=1S/C19H24ClNO3/c1-4-23-18-11-14(10-16(20)19(18)24-5-2)12-21-13-15-8-6-7-9-17(15)22-3/h6-11,21H,4-5,12-13H2,1-3H3. The zero-order chi connectivity index (χ0) is 17.4. The zero-order valence-electron chi connectivity index (χ0n) is 14.4. The molecule has 0 aliphatic carbocycles. The number of hydrogen-bond donors (Lipinski definition) is 1. The van der Waals surface area contributed by atoms with Gasteiger partial charge in [-0.05, 0) is 37.6 Å². The molecule has 0 bridgehead atoms. The van der Waals surface area contributed by atoms with Gasteiger partial charge in [0.2, 0.25) is 0 Å². The summed E-state index contributed by atoms with van der Waals surface area (Å²) in [6.45, 7) is 6.35. The molecule has 0 aliphatic heterocycles. The Labute approximate surface area is 148 Å². The highest BCUT2D eigenvalue weighted by atomic mass is 35.5. The van der Waals surface area contributed by atoms with Crippen LogP contribution in [0.2, 0.25) is 5.02 Å². The monoisotopic (exact) mass is 349 g/mol. The number of hydrogen-bond acceptors (Lipinski definition) is 4. The molecule has 2 aromatic carbocycles. The van der Waals surface area contributed by atoms with E-state index in [0.717, 1.165) is 16.9 Å². The van der Waals surface area contributed by atoms with E-state index in [1.807, 2.05) is 50.2 Å². The van der Waals surface area contributed by atoms with Gasteiger partial charge in [0.15, 0.2) is 11.5 Å². The molecule has 5 heteroatoms. The van der Waals surface area contributed by atoms with E-state index in [0.29, 0.717) is 42.8 Å². The quantitative estimate of drug-likeness (QED) is 0.726. The molecule has 4 nitrogen and oxygen atoms in total. The SMILES string of the molecule is CCOc1cc(CNCc2ccccc2OC)cc(Cl)c1OCC. The second-order valence-electron chi connectivity index (χ2n) is 5.19. The topological polar surface area (TPSA) is 39.7 Å². The molecule has 130 valence electrons. The fraction of sp³-hybridized carbons (Fsp3) is 0.368. The highest BCUT2D eigenvalue weighted by Crippen LogP contribution is 2.36. The largest absolute Gasteiger partial charge is 0.496 e. The fourth-order valence-corrected chi connectivity index (χ4v) is 2.75. The summed E-state index contributed by atoms with van der Waals surface area (Å²) in [5, 5.41) is 3.97. The third-order valence-electron chi connectivity index (χ3n) is 3.49. The smallest absolute Gasteiger partial charge is 0.179 e. The molecular weight excluding hydrogens is 326 g/mol. The van der Waals surface area contributed by atoms with Crippen LogP contribution in [0, 0.1) is 0 Å². The van der Waals surface area contributed by atoms with Gasteiger partial charge in [-0.25, -0.2) is 0 Å². The first kappa shape index (κ1) is 18.4. The van der Waals surface area contributed by atoms with Gasteiger partial charge < -0.3 is 19.5 Å². The van der Waals surface area contributed by atoms with Crippen molar-refractivity contribution in [1.82, 2.24) is 5.32 Å². The zero-order valence-corrected chi connectivity index (χ0v) is 15.2. The molecule has 0 aliphatic rings. The van der Waals surface area contributed by atoms with Crippen molar-refractivity contribution in [3.63, 3.8) is 0 Å². The summed E-state index contributed by atoms with van der Waals surface area (Å²) < 4.78 is 16.6. The van der Waals surface area contributed by atoms with Crippen molar-refractivity contribution < 1.29 is 14.2 Å². The van der Waals surface area contributed by atoms with E-state index in [2.05, 4.69) is 5.32 Å². The Morgan fingerprint density at radius 1 is 0.958 bits per heavy atom. The molecule has 0 radical (unpaired) electrons. The number of benzene rings is 2. The van der Waals surface area contributed by atoms with Crippen molar-refractivity contribution in [2.45, 2.75) is 26.9 Å². The molecule has 0 saturated carbocycles. The Morgan fingerprint density at radius 2 is 1.71 bits per heavy atom. The van der Waals surface area contributed by atoms with Gasteiger partial charge >= 0.3 is 0 Å². The summed E-state index contributed by atoms with van der Waals surface area (Å²) in [6.07, 6.45) is 0. The molecule has 0 fully saturated rings. The van der Waals surface area contributed by atoms with Crippen LogP contribution in [0.25, 0.3) is 0 Å². The number of halogens is 1. The molecule has 2 rings (SSSR count). The third kappa shape index (κ3) is 4.79. The Bertz CT molecular complexity index is 661. The van der Waals surface area contributed by atoms with Gasteiger partial charge in [0, 0.05) is 18.7 Å². The number of para-hydroxylation sites is 1. The number of methoxy groups -OCH3 is 1. The van der Waals surface area contributed by atoms with Crippen LogP contribution in [-0.4, -0.2) is 20.3 Å². The molecule has 0 aromatic heterocycles. The lowest BCUT2D eigenvalue weighted by Gasteiger charge is -2.15. The van der Waals surface area contributed by atoms with Crippen LogP contribution < -0.4 is 19.5 Å². The molecule has 24 heavy (non-hydrogen) atoms. The van der Waals surface area contributed by atoms with Gasteiger partial charge in [0.1, 0.15) is 5.75 Å². The summed E-state index contributed by atoms with van der Waals surface area (Å²) in [4.78, 5) is 0. The summed E-state index contributed by atoms with van der Waals surface area (Å²) in [6, 6.07) is 11.8. The normalized spacial score (nSPS) is 10.5. The van der Waals surface area contributed by atoms with Crippen LogP contribution in [0.5, 0.6) is 17.2 Å². The first-order chi connectivity index (χ1) is 11.7. The third-order valence-corrected chi connectivity index (χ3v) is 3.78. The molecule has 0 amide bonds. The highest BCUT2D eigenvalue weighted by molar-refractivity contribution is 6.32. The fourth-order valence-electron chi connectivity index (χ4n) is 2.46. The van der Waals surface area contributed by atoms with Gasteiger partial charge in [-0.1, -0.05) is 29.8 Å². The van der Waals surface area contributed by atoms with E-state index in [1.54, 1.807) is 7.11 Å². The maximum Gasteiger partial charge on any atom is 0.179 e. The van der Waals surface area contributed by atoms with Crippen molar-refractivity contribution in [3.05, 3.63) is 52.5 Å². The molecular formula is C19H24ClNO3. The molecule has 0 unspecified atom stereocenters. The number of nitrogens with one attached hydrogen (secondary N) is 1. The molecule has 0 atom stereocenters. The first-order valence-electron chi connectivity index (χ1n) is 8.10. The van der Waals surface area contributed by atoms with E-state index >= 15 is 0 Å². The van der Waals surface area contributed by atoms with Crippen LogP contribution in [0.15, 0.2) is 36.4 Å². The van der Waals surface area contributed by atoms with Gasteiger partial charge in [0.25, 0.3) is 0 Å². The lowest BCUT2D eigenvalue weighted by atomic mass is 10.1. The van der Waals surface area contributed by atoms with Crippen LogP contribution in [0.3, 0.4) is 0 Å². The summed E-state index contributed by atoms with van der Waals surface area (Å²) in [5.74, 6) is 2.17. The Morgan fingerprint density at radius 3 is 2.42 bits per heavy atom. The van der Waals surface area contributed by atoms with Crippen LogP contribution in [-0.2, 0) is 13.1 Å². The van der Waals surface area contributed by atoms with Crippen molar-refractivity contribution >= 4 is 11.6 Å². The summed E-state index contributed by atoms with van der Waals surface area (Å²) in [7, 11) is 1.68. The lowest BCUT2D eigenvalue weighted by Crippen LogP contribution is -2.13. The Kier molecular flexibility index (Phi) is 7.22. The molecule has 0 heterocycles. The minimum Gasteiger partial charge on any atom is -0.496 e. The average Bonchev–Trinajstić information content (AvgIpc) is 2.58. The number of rotatable bonds is 9. The predicted octanol–water partition coefficient (Wildman–Crippen LogP) is 4.44. The molecule has 0 saturated heterocycles. The number of ether oxygens (including phenoxy) is 3. The van der Waals surface area contributed by atoms with Gasteiger partial charge in [-0.15, -0.1) is 0 Å². The van der Waals surface area contributed by atoms with Crippen molar-refractivity contribution in [2.24, 2.45) is 0 Å². The van der Waals surface area contributed by atoms with Crippen LogP contribution >= 0.6 is 11.6 Å². The molecule has 2 aromatic rings. The van der Waals surface area contributed by atoms with Gasteiger partial charge in [0.05, 0.1) is 25.3 Å². The van der Waals surface area contributed by atoms with E-state index < -0.39 is 0 Å². The minimum absolute atomic E-state index is 0.547. The van der Waals surface area contributed by atoms with Crippen molar-refractivity contribution in [1.29, 1.82) is 0 Å². The van der Waals surface area contributed by atoms with E-state index in [-0.39, 0.29) is 0 Å². The predicted molar refractivity (Wildman–Crippen MR) is 97.3 cm³/mol. The minimum atomic E-state index is 0.547. The van der Waals surface area contributed by atoms with E-state index in [9.17, 15) is 0 Å².